The zero-order valence-corrected chi connectivity index (χ0v) is 10.1. The molecule has 0 atom stereocenters. The number of carbonyl (C=O) groups is 1. The first-order chi connectivity index (χ1) is 7.66. The SMILES string of the molecule is Cc1ccc(NC(=O)c2cnoc2)cc1Br. The highest BCUT2D eigenvalue weighted by atomic mass is 79.9. The van der Waals surface area contributed by atoms with Crippen LogP contribution in [0.2, 0.25) is 0 Å². The van der Waals surface area contributed by atoms with E-state index in [0.29, 0.717) is 5.56 Å². The van der Waals surface area contributed by atoms with Gasteiger partial charge < -0.3 is 9.84 Å². The van der Waals surface area contributed by atoms with Crippen molar-refractivity contribution in [1.29, 1.82) is 0 Å². The number of benzene rings is 1. The first-order valence-electron chi connectivity index (χ1n) is 4.63. The molecule has 0 aliphatic carbocycles. The second-order valence-electron chi connectivity index (χ2n) is 3.33. The van der Waals surface area contributed by atoms with Crippen LogP contribution < -0.4 is 5.32 Å². The second kappa shape index (κ2) is 4.49. The molecule has 1 amide bonds. The first-order valence-corrected chi connectivity index (χ1v) is 5.43. The number of aryl methyl sites for hydroxylation is 1. The molecule has 2 rings (SSSR count). The van der Waals surface area contributed by atoms with Gasteiger partial charge in [-0.1, -0.05) is 27.2 Å². The van der Waals surface area contributed by atoms with E-state index in [-0.39, 0.29) is 5.91 Å². The molecular weight excluding hydrogens is 272 g/mol. The molecule has 1 aromatic heterocycles. The summed E-state index contributed by atoms with van der Waals surface area (Å²) in [6.45, 7) is 1.98. The number of hydrogen-bond donors (Lipinski definition) is 1. The maximum absolute atomic E-state index is 11.6. The number of anilines is 1. The Labute approximate surface area is 101 Å². The smallest absolute Gasteiger partial charge is 0.260 e. The predicted molar refractivity (Wildman–Crippen MR) is 63.3 cm³/mol. The number of nitrogens with one attached hydrogen (secondary N) is 1. The summed E-state index contributed by atoms with van der Waals surface area (Å²) in [6, 6.07) is 5.61. The van der Waals surface area contributed by atoms with Gasteiger partial charge in [0.15, 0.2) is 0 Å². The minimum absolute atomic E-state index is 0.239. The number of halogens is 1. The van der Waals surface area contributed by atoms with E-state index in [1.165, 1.54) is 12.5 Å². The summed E-state index contributed by atoms with van der Waals surface area (Å²) in [5.74, 6) is -0.239. The van der Waals surface area contributed by atoms with Crippen LogP contribution in [0.15, 0.2) is 39.7 Å². The lowest BCUT2D eigenvalue weighted by atomic mass is 10.2. The molecule has 0 saturated heterocycles. The molecule has 16 heavy (non-hydrogen) atoms. The van der Waals surface area contributed by atoms with E-state index in [1.807, 2.05) is 25.1 Å². The van der Waals surface area contributed by atoms with Gasteiger partial charge in [0.05, 0.1) is 11.8 Å². The van der Waals surface area contributed by atoms with Crippen molar-refractivity contribution in [3.05, 3.63) is 46.3 Å². The fourth-order valence-electron chi connectivity index (χ4n) is 1.19. The Hall–Kier alpha value is -1.62. The van der Waals surface area contributed by atoms with Crippen LogP contribution >= 0.6 is 15.9 Å². The van der Waals surface area contributed by atoms with E-state index in [0.717, 1.165) is 15.7 Å². The molecule has 0 aliphatic heterocycles. The van der Waals surface area contributed by atoms with Gasteiger partial charge in [0, 0.05) is 10.2 Å². The average molecular weight is 281 g/mol. The number of carbonyl (C=O) groups excluding carboxylic acids is 1. The lowest BCUT2D eigenvalue weighted by Gasteiger charge is -2.05. The summed E-state index contributed by atoms with van der Waals surface area (Å²) in [4.78, 5) is 11.6. The number of aromatic nitrogens is 1. The standard InChI is InChI=1S/C11H9BrN2O2/c1-7-2-3-9(4-10(7)12)14-11(15)8-5-13-16-6-8/h2-6H,1H3,(H,14,15). The molecule has 1 heterocycles. The lowest BCUT2D eigenvalue weighted by Crippen LogP contribution is -2.10. The molecule has 0 bridgehead atoms. The van der Waals surface area contributed by atoms with Crippen LogP contribution in [-0.4, -0.2) is 11.1 Å². The minimum atomic E-state index is -0.239. The van der Waals surface area contributed by atoms with E-state index < -0.39 is 0 Å². The Bertz CT molecular complexity index is 509. The molecule has 1 N–H and O–H groups in total. The molecule has 0 saturated carbocycles. The normalized spacial score (nSPS) is 10.1. The predicted octanol–water partition coefficient (Wildman–Crippen LogP) is 3.00. The Balaban J connectivity index is 2.15. The van der Waals surface area contributed by atoms with Crippen LogP contribution in [0.5, 0.6) is 0 Å². The molecule has 82 valence electrons. The number of nitrogens with zero attached hydrogens (tertiary/aromatic N) is 1. The van der Waals surface area contributed by atoms with Gasteiger partial charge >= 0.3 is 0 Å². The zero-order valence-electron chi connectivity index (χ0n) is 8.53. The Morgan fingerprint density at radius 2 is 2.31 bits per heavy atom. The highest BCUT2D eigenvalue weighted by Gasteiger charge is 2.08. The highest BCUT2D eigenvalue weighted by molar-refractivity contribution is 9.10. The van der Waals surface area contributed by atoms with Gasteiger partial charge in [0.25, 0.3) is 5.91 Å². The van der Waals surface area contributed by atoms with Crippen molar-refractivity contribution in [1.82, 2.24) is 5.16 Å². The van der Waals surface area contributed by atoms with Crippen molar-refractivity contribution in [3.63, 3.8) is 0 Å². The minimum Gasteiger partial charge on any atom is -0.364 e. The van der Waals surface area contributed by atoms with Crippen LogP contribution in [0.1, 0.15) is 15.9 Å². The van der Waals surface area contributed by atoms with Crippen LogP contribution in [0.3, 0.4) is 0 Å². The van der Waals surface area contributed by atoms with Crippen LogP contribution in [0, 0.1) is 6.92 Å². The summed E-state index contributed by atoms with van der Waals surface area (Å²) >= 11 is 3.40. The average Bonchev–Trinajstić information content (AvgIpc) is 2.77. The van der Waals surface area contributed by atoms with E-state index in [4.69, 9.17) is 0 Å². The second-order valence-corrected chi connectivity index (χ2v) is 4.19. The van der Waals surface area contributed by atoms with Gasteiger partial charge in [-0.3, -0.25) is 4.79 Å². The lowest BCUT2D eigenvalue weighted by molar-refractivity contribution is 0.102. The summed E-state index contributed by atoms with van der Waals surface area (Å²) in [7, 11) is 0. The van der Waals surface area contributed by atoms with E-state index >= 15 is 0 Å². The molecule has 0 unspecified atom stereocenters. The largest absolute Gasteiger partial charge is 0.364 e. The van der Waals surface area contributed by atoms with Crippen LogP contribution in [0.4, 0.5) is 5.69 Å². The maximum Gasteiger partial charge on any atom is 0.260 e. The zero-order chi connectivity index (χ0) is 11.5. The molecule has 5 heteroatoms. The molecule has 0 spiro atoms. The van der Waals surface area contributed by atoms with Crippen molar-refractivity contribution in [2.75, 3.05) is 5.32 Å². The first kappa shape index (κ1) is 10.9. The Morgan fingerprint density at radius 1 is 1.50 bits per heavy atom. The van der Waals surface area contributed by atoms with E-state index in [9.17, 15) is 4.79 Å². The summed E-state index contributed by atoms with van der Waals surface area (Å²) < 4.78 is 5.55. The van der Waals surface area contributed by atoms with E-state index in [1.54, 1.807) is 0 Å². The molecule has 4 nitrogen and oxygen atoms in total. The van der Waals surface area contributed by atoms with Gasteiger partial charge in [-0.2, -0.15) is 0 Å². The molecular formula is C11H9BrN2O2. The van der Waals surface area contributed by atoms with Gasteiger partial charge in [0.2, 0.25) is 0 Å². The number of rotatable bonds is 2. The number of amides is 1. The third kappa shape index (κ3) is 2.30. The monoisotopic (exact) mass is 280 g/mol. The van der Waals surface area contributed by atoms with Gasteiger partial charge in [-0.25, -0.2) is 0 Å². The molecule has 2 aromatic rings. The van der Waals surface area contributed by atoms with E-state index in [2.05, 4.69) is 30.9 Å². The fraction of sp³-hybridized carbons (Fsp3) is 0.0909. The Kier molecular flexibility index (Phi) is 3.05. The summed E-state index contributed by atoms with van der Waals surface area (Å²) in [5, 5.41) is 6.21. The molecule has 1 aromatic carbocycles. The number of hydrogen-bond acceptors (Lipinski definition) is 3. The van der Waals surface area contributed by atoms with Crippen molar-refractivity contribution >= 4 is 27.5 Å². The third-order valence-electron chi connectivity index (χ3n) is 2.12. The van der Waals surface area contributed by atoms with Crippen molar-refractivity contribution < 1.29 is 9.32 Å². The highest BCUT2D eigenvalue weighted by Crippen LogP contribution is 2.20. The molecule has 0 fully saturated rings. The summed E-state index contributed by atoms with van der Waals surface area (Å²) in [5.41, 5.74) is 2.24. The van der Waals surface area contributed by atoms with Crippen molar-refractivity contribution in [2.24, 2.45) is 0 Å². The van der Waals surface area contributed by atoms with Crippen LogP contribution in [0.25, 0.3) is 0 Å². The van der Waals surface area contributed by atoms with Crippen molar-refractivity contribution in [2.45, 2.75) is 6.92 Å². The van der Waals surface area contributed by atoms with Crippen molar-refractivity contribution in [3.8, 4) is 0 Å². The quantitative estimate of drug-likeness (QED) is 0.920. The topological polar surface area (TPSA) is 55.1 Å². The third-order valence-corrected chi connectivity index (χ3v) is 2.98. The summed E-state index contributed by atoms with van der Waals surface area (Å²) in [6.07, 6.45) is 2.68. The fourth-order valence-corrected chi connectivity index (χ4v) is 1.57. The van der Waals surface area contributed by atoms with Crippen LogP contribution in [-0.2, 0) is 0 Å². The molecule has 0 aliphatic rings. The van der Waals surface area contributed by atoms with Gasteiger partial charge in [-0.15, -0.1) is 0 Å². The van der Waals surface area contributed by atoms with Gasteiger partial charge in [-0.05, 0) is 24.6 Å². The van der Waals surface area contributed by atoms with Gasteiger partial charge in [0.1, 0.15) is 6.26 Å². The Morgan fingerprint density at radius 3 is 2.94 bits per heavy atom. The molecule has 0 radical (unpaired) electrons. The maximum atomic E-state index is 11.6.